The van der Waals surface area contributed by atoms with Crippen molar-refractivity contribution in [3.8, 4) is 5.75 Å². The van der Waals surface area contributed by atoms with Crippen LogP contribution in [0.5, 0.6) is 5.75 Å². The number of imidazole rings is 1. The summed E-state index contributed by atoms with van der Waals surface area (Å²) in [6.07, 6.45) is 1.90. The monoisotopic (exact) mass is 554 g/mol. The fourth-order valence-electron chi connectivity index (χ4n) is 3.85. The van der Waals surface area contributed by atoms with E-state index in [1.807, 2.05) is 6.92 Å². The van der Waals surface area contributed by atoms with Gasteiger partial charge in [-0.05, 0) is 61.4 Å². The van der Waals surface area contributed by atoms with E-state index in [1.165, 1.54) is 0 Å². The molecule has 0 saturated carbocycles. The van der Waals surface area contributed by atoms with Crippen molar-refractivity contribution in [2.45, 2.75) is 33.3 Å². The molecule has 3 N–H and O–H groups in total. The van der Waals surface area contributed by atoms with Crippen LogP contribution in [0.15, 0.2) is 48.5 Å². The maximum atomic E-state index is 13.4. The van der Waals surface area contributed by atoms with Gasteiger partial charge < -0.3 is 25.1 Å². The molecule has 4 rings (SSSR count). The lowest BCUT2D eigenvalue weighted by Gasteiger charge is -2.13. The molecule has 0 aliphatic rings. The first-order chi connectivity index (χ1) is 18.3. The zero-order valence-electron chi connectivity index (χ0n) is 21.3. The van der Waals surface area contributed by atoms with Crippen LogP contribution in [0, 0.1) is 6.92 Å². The highest BCUT2D eigenvalue weighted by atomic mass is 35.5. The number of hydrogen-bond acceptors (Lipinski definition) is 5. The number of rotatable bonds is 10. The largest absolute Gasteiger partial charge is 0.494 e. The number of amides is 2. The molecule has 38 heavy (non-hydrogen) atoms. The maximum absolute atomic E-state index is 13.4. The summed E-state index contributed by atoms with van der Waals surface area (Å²) in [4.78, 5) is 34.3. The number of hydrogen-bond donors (Lipinski definition) is 3. The number of ether oxygens (including phenoxy) is 2. The van der Waals surface area contributed by atoms with Crippen molar-refractivity contribution in [1.29, 1.82) is 0 Å². The minimum absolute atomic E-state index is 0.227. The molecule has 1 heterocycles. The summed E-state index contributed by atoms with van der Waals surface area (Å²) in [5.41, 5.74) is 3.22. The van der Waals surface area contributed by atoms with E-state index in [4.69, 9.17) is 32.7 Å². The number of anilines is 2. The Labute approximate surface area is 230 Å². The number of carbonyl (C=O) groups excluding carboxylic acids is 2. The van der Waals surface area contributed by atoms with Crippen molar-refractivity contribution in [3.05, 3.63) is 81.1 Å². The molecule has 3 aromatic carbocycles. The van der Waals surface area contributed by atoms with Crippen LogP contribution < -0.4 is 15.4 Å². The Morgan fingerprint density at radius 2 is 1.79 bits per heavy atom. The third-order valence-corrected chi connectivity index (χ3v) is 6.62. The van der Waals surface area contributed by atoms with Gasteiger partial charge in [0.15, 0.2) is 0 Å². The molecule has 198 valence electrons. The summed E-state index contributed by atoms with van der Waals surface area (Å²) in [6, 6.07) is 13.5. The van der Waals surface area contributed by atoms with Crippen LogP contribution >= 0.6 is 23.2 Å². The number of benzene rings is 3. The quantitative estimate of drug-likeness (QED) is 0.183. The van der Waals surface area contributed by atoms with Crippen molar-refractivity contribution in [1.82, 2.24) is 9.97 Å². The highest BCUT2D eigenvalue weighted by Crippen LogP contribution is 2.28. The van der Waals surface area contributed by atoms with Gasteiger partial charge in [-0.2, -0.15) is 0 Å². The Hall–Kier alpha value is -3.59. The molecular formula is C28H28Cl2N4O4. The second kappa shape index (κ2) is 12.3. The van der Waals surface area contributed by atoms with Crippen molar-refractivity contribution in [2.75, 3.05) is 24.4 Å². The second-order valence-corrected chi connectivity index (χ2v) is 9.52. The Morgan fingerprint density at radius 3 is 2.55 bits per heavy atom. The van der Waals surface area contributed by atoms with E-state index < -0.39 is 11.8 Å². The van der Waals surface area contributed by atoms with Gasteiger partial charge in [0.05, 0.1) is 28.3 Å². The second-order valence-electron chi connectivity index (χ2n) is 8.70. The average molecular weight is 555 g/mol. The molecule has 10 heteroatoms. The van der Waals surface area contributed by atoms with Gasteiger partial charge in [0.1, 0.15) is 23.7 Å². The zero-order chi connectivity index (χ0) is 27.2. The first kappa shape index (κ1) is 27.4. The molecule has 0 radical (unpaired) electrons. The van der Waals surface area contributed by atoms with Crippen molar-refractivity contribution in [3.63, 3.8) is 0 Å². The number of methoxy groups -OCH3 is 1. The maximum Gasteiger partial charge on any atom is 0.258 e. The highest BCUT2D eigenvalue weighted by Gasteiger charge is 2.19. The van der Waals surface area contributed by atoms with E-state index in [-0.39, 0.29) is 22.8 Å². The molecule has 8 nitrogen and oxygen atoms in total. The van der Waals surface area contributed by atoms with Crippen LogP contribution in [0.4, 0.5) is 11.4 Å². The Balaban J connectivity index is 1.67. The number of nitrogens with zero attached hydrogens (tertiary/aromatic N) is 1. The van der Waals surface area contributed by atoms with Crippen LogP contribution in [0.2, 0.25) is 10.0 Å². The minimum Gasteiger partial charge on any atom is -0.494 e. The van der Waals surface area contributed by atoms with Gasteiger partial charge in [-0.3, -0.25) is 9.59 Å². The first-order valence-electron chi connectivity index (χ1n) is 12.1. The number of carbonyl (C=O) groups is 2. The number of aromatic amines is 1. The fraction of sp³-hybridized carbons (Fsp3) is 0.250. The van der Waals surface area contributed by atoms with Gasteiger partial charge in [0, 0.05) is 23.5 Å². The lowest BCUT2D eigenvalue weighted by atomic mass is 10.1. The highest BCUT2D eigenvalue weighted by molar-refractivity contribution is 6.34. The van der Waals surface area contributed by atoms with Crippen LogP contribution in [0.3, 0.4) is 0 Å². The SMILES string of the molecule is CCCCOc1ccc(Cl)c(C(=O)Nc2cc(C(=O)Nc3cccc(Cl)c3C)c3nc(COC)[nH]c3c2)c1. The molecule has 0 aliphatic carbocycles. The summed E-state index contributed by atoms with van der Waals surface area (Å²) >= 11 is 12.6. The summed E-state index contributed by atoms with van der Waals surface area (Å²) in [5, 5.41) is 6.56. The minimum atomic E-state index is -0.441. The van der Waals surface area contributed by atoms with Crippen molar-refractivity contribution < 1.29 is 19.1 Å². The topological polar surface area (TPSA) is 105 Å². The van der Waals surface area contributed by atoms with Gasteiger partial charge in [0.25, 0.3) is 11.8 Å². The molecule has 1 aromatic heterocycles. The van der Waals surface area contributed by atoms with E-state index in [2.05, 4.69) is 27.5 Å². The zero-order valence-corrected chi connectivity index (χ0v) is 22.8. The first-order valence-corrected chi connectivity index (χ1v) is 12.9. The molecule has 0 aliphatic heterocycles. The molecule has 0 fully saturated rings. The number of fused-ring (bicyclic) bond motifs is 1. The van der Waals surface area contributed by atoms with Crippen molar-refractivity contribution in [2.24, 2.45) is 0 Å². The molecule has 0 atom stereocenters. The van der Waals surface area contributed by atoms with E-state index in [0.717, 1.165) is 18.4 Å². The fourth-order valence-corrected chi connectivity index (χ4v) is 4.23. The third-order valence-electron chi connectivity index (χ3n) is 5.88. The number of aromatic nitrogens is 2. The third kappa shape index (κ3) is 6.27. The summed E-state index contributed by atoms with van der Waals surface area (Å²) < 4.78 is 10.9. The van der Waals surface area contributed by atoms with E-state index in [0.29, 0.717) is 45.6 Å². The van der Waals surface area contributed by atoms with Gasteiger partial charge in [-0.1, -0.05) is 42.6 Å². The molecule has 2 amide bonds. The van der Waals surface area contributed by atoms with Gasteiger partial charge in [-0.15, -0.1) is 0 Å². The Morgan fingerprint density at radius 1 is 1.00 bits per heavy atom. The van der Waals surface area contributed by atoms with Crippen LogP contribution in [0.1, 0.15) is 51.9 Å². The number of H-pyrrole nitrogens is 1. The summed E-state index contributed by atoms with van der Waals surface area (Å²) in [6.45, 7) is 4.66. The Bertz CT molecular complexity index is 1490. The van der Waals surface area contributed by atoms with Crippen LogP contribution in [-0.2, 0) is 11.3 Å². The number of halogens is 2. The Kier molecular flexibility index (Phi) is 8.89. The lowest BCUT2D eigenvalue weighted by Crippen LogP contribution is -2.16. The normalized spacial score (nSPS) is 11.0. The van der Waals surface area contributed by atoms with Crippen molar-refractivity contribution >= 4 is 57.4 Å². The number of unbranched alkanes of at least 4 members (excludes halogenated alkanes) is 1. The number of nitrogens with one attached hydrogen (secondary N) is 3. The smallest absolute Gasteiger partial charge is 0.258 e. The molecule has 0 spiro atoms. The predicted octanol–water partition coefficient (Wildman–Crippen LogP) is 7.01. The van der Waals surface area contributed by atoms with E-state index in [9.17, 15) is 9.59 Å². The van der Waals surface area contributed by atoms with Gasteiger partial charge >= 0.3 is 0 Å². The van der Waals surface area contributed by atoms with Gasteiger partial charge in [0.2, 0.25) is 0 Å². The lowest BCUT2D eigenvalue weighted by molar-refractivity contribution is 0.101. The molecule has 0 unspecified atom stereocenters. The molecule has 0 saturated heterocycles. The molecule has 0 bridgehead atoms. The molecular weight excluding hydrogens is 527 g/mol. The van der Waals surface area contributed by atoms with E-state index in [1.54, 1.807) is 55.6 Å². The molecule has 4 aromatic rings. The average Bonchev–Trinajstić information content (AvgIpc) is 3.30. The summed E-state index contributed by atoms with van der Waals surface area (Å²) in [5.74, 6) is 0.248. The van der Waals surface area contributed by atoms with Crippen LogP contribution in [0.25, 0.3) is 11.0 Å². The van der Waals surface area contributed by atoms with E-state index >= 15 is 0 Å². The predicted molar refractivity (Wildman–Crippen MR) is 151 cm³/mol. The van der Waals surface area contributed by atoms with Crippen LogP contribution in [-0.4, -0.2) is 35.5 Å². The van der Waals surface area contributed by atoms with Gasteiger partial charge in [-0.25, -0.2) is 4.98 Å². The summed E-state index contributed by atoms with van der Waals surface area (Å²) in [7, 11) is 1.55. The standard InChI is InChI=1S/C28H28Cl2N4O4/c1-4-5-11-38-18-9-10-22(30)19(14-18)27(35)31-17-12-20(26-24(13-17)32-25(34-26)15-37-3)28(36)33-23-8-6-7-21(29)16(23)2/h6-10,12-14H,4-5,11,15H2,1-3H3,(H,31,35)(H,32,34)(H,33,36).